The highest BCUT2D eigenvalue weighted by molar-refractivity contribution is 7.79. The van der Waals surface area contributed by atoms with Crippen molar-refractivity contribution in [2.24, 2.45) is 0 Å². The molecule has 0 amide bonds. The molecule has 1 aliphatic carbocycles. The lowest BCUT2D eigenvalue weighted by Crippen LogP contribution is -2.09. The SMILES string of the molecule is SCc1c2c(nc3c(Cl)cc(Cl)cc13)CCCC2. The Bertz CT molecular complexity index is 625. The number of aromatic nitrogens is 1. The maximum atomic E-state index is 6.26. The Balaban J connectivity index is 2.40. The highest BCUT2D eigenvalue weighted by Crippen LogP contribution is 2.34. The van der Waals surface area contributed by atoms with E-state index in [2.05, 4.69) is 12.6 Å². The summed E-state index contributed by atoms with van der Waals surface area (Å²) in [7, 11) is 0. The number of halogens is 2. The Kier molecular flexibility index (Phi) is 3.44. The average molecular weight is 298 g/mol. The molecule has 1 nitrogen and oxygen atoms in total. The van der Waals surface area contributed by atoms with Gasteiger partial charge >= 0.3 is 0 Å². The monoisotopic (exact) mass is 297 g/mol. The van der Waals surface area contributed by atoms with Crippen LogP contribution in [-0.2, 0) is 18.6 Å². The topological polar surface area (TPSA) is 12.9 Å². The zero-order valence-corrected chi connectivity index (χ0v) is 12.2. The average Bonchev–Trinajstić information content (AvgIpc) is 2.36. The minimum Gasteiger partial charge on any atom is -0.251 e. The molecule has 1 aromatic carbocycles. The van der Waals surface area contributed by atoms with Crippen LogP contribution < -0.4 is 0 Å². The van der Waals surface area contributed by atoms with Gasteiger partial charge in [0.05, 0.1) is 10.5 Å². The third kappa shape index (κ3) is 2.01. The first kappa shape index (κ1) is 12.6. The third-order valence-corrected chi connectivity index (χ3v) is 4.38. The summed E-state index contributed by atoms with van der Waals surface area (Å²) >= 11 is 16.8. The Morgan fingerprint density at radius 1 is 1.17 bits per heavy atom. The molecule has 1 aliphatic rings. The second-order valence-electron chi connectivity index (χ2n) is 4.66. The zero-order chi connectivity index (χ0) is 12.7. The number of rotatable bonds is 1. The van der Waals surface area contributed by atoms with E-state index in [1.54, 1.807) is 6.07 Å². The van der Waals surface area contributed by atoms with E-state index < -0.39 is 0 Å². The van der Waals surface area contributed by atoms with Crippen molar-refractivity contribution in [1.82, 2.24) is 4.98 Å². The van der Waals surface area contributed by atoms with Crippen LogP contribution in [0.3, 0.4) is 0 Å². The molecule has 0 spiro atoms. The Morgan fingerprint density at radius 3 is 2.72 bits per heavy atom. The number of nitrogens with zero attached hydrogens (tertiary/aromatic N) is 1. The van der Waals surface area contributed by atoms with Gasteiger partial charge in [-0.3, -0.25) is 4.98 Å². The van der Waals surface area contributed by atoms with Crippen LogP contribution in [0.5, 0.6) is 0 Å². The van der Waals surface area contributed by atoms with Crippen molar-refractivity contribution in [2.75, 3.05) is 0 Å². The molecule has 2 aromatic rings. The van der Waals surface area contributed by atoms with Crippen molar-refractivity contribution in [3.8, 4) is 0 Å². The van der Waals surface area contributed by atoms with Gasteiger partial charge < -0.3 is 0 Å². The van der Waals surface area contributed by atoms with E-state index in [4.69, 9.17) is 28.2 Å². The van der Waals surface area contributed by atoms with E-state index in [0.29, 0.717) is 15.8 Å². The summed E-state index contributed by atoms with van der Waals surface area (Å²) in [5.41, 5.74) is 4.68. The van der Waals surface area contributed by atoms with E-state index in [1.807, 2.05) is 6.07 Å². The molecule has 1 aromatic heterocycles. The van der Waals surface area contributed by atoms with Gasteiger partial charge in [-0.25, -0.2) is 0 Å². The lowest BCUT2D eigenvalue weighted by molar-refractivity contribution is 0.667. The number of fused-ring (bicyclic) bond motifs is 2. The van der Waals surface area contributed by atoms with Crippen LogP contribution >= 0.6 is 35.8 Å². The summed E-state index contributed by atoms with van der Waals surface area (Å²) in [6.07, 6.45) is 4.58. The largest absolute Gasteiger partial charge is 0.251 e. The number of hydrogen-bond acceptors (Lipinski definition) is 2. The van der Waals surface area contributed by atoms with Crippen LogP contribution in [0, 0.1) is 0 Å². The zero-order valence-electron chi connectivity index (χ0n) is 9.84. The fourth-order valence-electron chi connectivity index (χ4n) is 2.73. The number of aryl methyl sites for hydroxylation is 1. The first-order valence-electron chi connectivity index (χ1n) is 6.11. The molecule has 94 valence electrons. The second kappa shape index (κ2) is 4.92. The Labute approximate surface area is 122 Å². The number of hydrogen-bond donors (Lipinski definition) is 1. The van der Waals surface area contributed by atoms with Crippen LogP contribution in [0.1, 0.15) is 29.7 Å². The van der Waals surface area contributed by atoms with Gasteiger partial charge in [0.25, 0.3) is 0 Å². The van der Waals surface area contributed by atoms with E-state index >= 15 is 0 Å². The smallest absolute Gasteiger partial charge is 0.0895 e. The van der Waals surface area contributed by atoms with Gasteiger partial charge in [0.1, 0.15) is 0 Å². The fourth-order valence-corrected chi connectivity index (χ4v) is 3.62. The van der Waals surface area contributed by atoms with Crippen molar-refractivity contribution in [3.05, 3.63) is 39.0 Å². The van der Waals surface area contributed by atoms with Crippen LogP contribution in [0.4, 0.5) is 0 Å². The third-order valence-electron chi connectivity index (χ3n) is 3.56. The van der Waals surface area contributed by atoms with E-state index in [-0.39, 0.29) is 0 Å². The van der Waals surface area contributed by atoms with Crippen LogP contribution in [0.25, 0.3) is 10.9 Å². The first-order chi connectivity index (χ1) is 8.70. The minimum atomic E-state index is 0.633. The van der Waals surface area contributed by atoms with Crippen molar-refractivity contribution in [2.45, 2.75) is 31.4 Å². The summed E-state index contributed by atoms with van der Waals surface area (Å²) < 4.78 is 0. The molecule has 0 saturated carbocycles. The fraction of sp³-hybridized carbons (Fsp3) is 0.357. The highest BCUT2D eigenvalue weighted by atomic mass is 35.5. The molecular weight excluding hydrogens is 285 g/mol. The van der Waals surface area contributed by atoms with E-state index in [9.17, 15) is 0 Å². The Morgan fingerprint density at radius 2 is 1.94 bits per heavy atom. The number of pyridine rings is 1. The second-order valence-corrected chi connectivity index (χ2v) is 5.82. The summed E-state index contributed by atoms with van der Waals surface area (Å²) in [5.74, 6) is 0.706. The van der Waals surface area contributed by atoms with Gasteiger partial charge in [0.15, 0.2) is 0 Å². The molecule has 0 unspecified atom stereocenters. The van der Waals surface area contributed by atoms with Gasteiger partial charge in [-0.15, -0.1) is 0 Å². The van der Waals surface area contributed by atoms with Crippen molar-refractivity contribution in [1.29, 1.82) is 0 Å². The first-order valence-corrected chi connectivity index (χ1v) is 7.50. The number of thiol groups is 1. The quantitative estimate of drug-likeness (QED) is 0.743. The van der Waals surface area contributed by atoms with Crippen molar-refractivity contribution in [3.63, 3.8) is 0 Å². The minimum absolute atomic E-state index is 0.633. The van der Waals surface area contributed by atoms with Gasteiger partial charge in [-0.2, -0.15) is 12.6 Å². The van der Waals surface area contributed by atoms with Crippen LogP contribution in [0.15, 0.2) is 12.1 Å². The highest BCUT2D eigenvalue weighted by Gasteiger charge is 2.18. The molecule has 0 radical (unpaired) electrons. The summed E-state index contributed by atoms with van der Waals surface area (Å²) in [6.45, 7) is 0. The van der Waals surface area contributed by atoms with Gasteiger partial charge in [-0.1, -0.05) is 23.2 Å². The summed E-state index contributed by atoms with van der Waals surface area (Å²) in [5, 5.41) is 2.35. The molecule has 0 atom stereocenters. The van der Waals surface area contributed by atoms with Crippen molar-refractivity contribution >= 4 is 46.7 Å². The summed E-state index contributed by atoms with van der Waals surface area (Å²) in [4.78, 5) is 4.74. The molecule has 4 heteroatoms. The molecular formula is C14H13Cl2NS. The van der Waals surface area contributed by atoms with Crippen molar-refractivity contribution < 1.29 is 0 Å². The Hall–Kier alpha value is -0.440. The number of benzene rings is 1. The maximum absolute atomic E-state index is 6.26. The molecule has 0 fully saturated rings. The predicted molar refractivity (Wildman–Crippen MR) is 81.1 cm³/mol. The van der Waals surface area contributed by atoms with E-state index in [0.717, 1.165) is 23.7 Å². The van der Waals surface area contributed by atoms with Crippen LogP contribution in [0.2, 0.25) is 10.0 Å². The predicted octanol–water partition coefficient (Wildman–Crippen LogP) is 4.85. The molecule has 3 rings (SSSR count). The lowest BCUT2D eigenvalue weighted by Gasteiger charge is -2.20. The lowest BCUT2D eigenvalue weighted by atomic mass is 9.90. The standard InChI is InChI=1S/C14H13Cl2NS/c15-8-5-10-11(7-18)9-3-1-2-4-13(9)17-14(10)12(16)6-8/h5-6,18H,1-4,7H2. The van der Waals surface area contributed by atoms with Gasteiger partial charge in [0.2, 0.25) is 0 Å². The molecule has 0 aliphatic heterocycles. The normalized spacial score (nSPS) is 14.8. The van der Waals surface area contributed by atoms with E-state index in [1.165, 1.54) is 29.7 Å². The molecule has 0 N–H and O–H groups in total. The molecule has 18 heavy (non-hydrogen) atoms. The molecule has 1 heterocycles. The van der Waals surface area contributed by atoms with Gasteiger partial charge in [0, 0.05) is 21.9 Å². The van der Waals surface area contributed by atoms with Crippen LogP contribution in [-0.4, -0.2) is 4.98 Å². The van der Waals surface area contributed by atoms with Gasteiger partial charge in [-0.05, 0) is 48.9 Å². The molecule has 0 saturated heterocycles. The molecule has 0 bridgehead atoms. The maximum Gasteiger partial charge on any atom is 0.0895 e. The summed E-state index contributed by atoms with van der Waals surface area (Å²) in [6, 6.07) is 3.71.